The maximum Gasteiger partial charge on any atom is 0.109 e. The zero-order chi connectivity index (χ0) is 14.4. The molecule has 0 aliphatic heterocycles. The maximum atomic E-state index is 9.48. The number of rotatable bonds is 9. The maximum absolute atomic E-state index is 9.48. The molecule has 114 valence electrons. The highest BCUT2D eigenvalue weighted by Crippen LogP contribution is 2.35. The highest BCUT2D eigenvalue weighted by atomic mass is 16.5. The lowest BCUT2D eigenvalue weighted by molar-refractivity contribution is -0.00550. The molecule has 20 heavy (non-hydrogen) atoms. The summed E-state index contributed by atoms with van der Waals surface area (Å²) in [6.45, 7) is 4.43. The average molecular weight is 278 g/mol. The van der Waals surface area contributed by atoms with Gasteiger partial charge in [-0.1, -0.05) is 32.6 Å². The Morgan fingerprint density at radius 2 is 2.10 bits per heavy atom. The molecule has 0 radical (unpaired) electrons. The largest absolute Gasteiger partial charge is 0.375 e. The number of nitriles is 1. The van der Waals surface area contributed by atoms with Gasteiger partial charge in [0.1, 0.15) is 5.54 Å². The smallest absolute Gasteiger partial charge is 0.109 e. The van der Waals surface area contributed by atoms with Crippen molar-refractivity contribution in [1.82, 2.24) is 5.32 Å². The van der Waals surface area contributed by atoms with Gasteiger partial charge in [-0.05, 0) is 39.0 Å². The van der Waals surface area contributed by atoms with E-state index in [1.165, 1.54) is 38.5 Å². The number of nitrogens with one attached hydrogen (secondary N) is 1. The fourth-order valence-corrected chi connectivity index (χ4v) is 3.25. The van der Waals surface area contributed by atoms with Gasteiger partial charge in [0.2, 0.25) is 0 Å². The molecule has 1 N–H and O–H groups in total. The van der Waals surface area contributed by atoms with Gasteiger partial charge in [0.05, 0.1) is 18.3 Å². The zero-order valence-corrected chi connectivity index (χ0v) is 13.2. The van der Waals surface area contributed by atoms with Crippen molar-refractivity contribution in [2.75, 3.05) is 0 Å². The van der Waals surface area contributed by atoms with E-state index in [0.29, 0.717) is 12.1 Å². The summed E-state index contributed by atoms with van der Waals surface area (Å²) in [4.78, 5) is 0. The normalized spacial score (nSPS) is 31.1. The molecular weight excluding hydrogens is 248 g/mol. The highest BCUT2D eigenvalue weighted by molar-refractivity contribution is 5.14. The molecule has 3 nitrogen and oxygen atoms in total. The Morgan fingerprint density at radius 1 is 1.30 bits per heavy atom. The molecule has 2 fully saturated rings. The minimum Gasteiger partial charge on any atom is -0.375 e. The highest BCUT2D eigenvalue weighted by Gasteiger charge is 2.43. The van der Waals surface area contributed by atoms with E-state index < -0.39 is 0 Å². The van der Waals surface area contributed by atoms with Crippen LogP contribution >= 0.6 is 0 Å². The molecular formula is C17H30N2O. The van der Waals surface area contributed by atoms with Crippen LogP contribution in [0.3, 0.4) is 0 Å². The number of hydrogen-bond donors (Lipinski definition) is 1. The second-order valence-corrected chi connectivity index (χ2v) is 6.77. The van der Waals surface area contributed by atoms with E-state index in [2.05, 4.69) is 25.2 Å². The molecule has 0 aromatic heterocycles. The molecule has 2 rings (SSSR count). The van der Waals surface area contributed by atoms with Crippen molar-refractivity contribution in [2.45, 2.75) is 102 Å². The minimum absolute atomic E-state index is 0.280. The Bertz CT molecular complexity index is 334. The third-order valence-corrected chi connectivity index (χ3v) is 4.63. The van der Waals surface area contributed by atoms with E-state index >= 15 is 0 Å². The van der Waals surface area contributed by atoms with Crippen LogP contribution in [0.15, 0.2) is 0 Å². The molecule has 3 atom stereocenters. The van der Waals surface area contributed by atoms with Crippen molar-refractivity contribution in [3.8, 4) is 6.07 Å². The standard InChI is InChI=1S/C17H30N2O/c1-3-4-5-6-7-14(2)20-16-10-11-17(12-16,13-18)19-15-8-9-15/h14-16,19H,3-12H2,1-2H3. The summed E-state index contributed by atoms with van der Waals surface area (Å²) in [6, 6.07) is 3.12. The molecule has 3 heteroatoms. The Morgan fingerprint density at radius 3 is 2.75 bits per heavy atom. The van der Waals surface area contributed by atoms with Crippen LogP contribution in [-0.4, -0.2) is 23.8 Å². The summed E-state index contributed by atoms with van der Waals surface area (Å²) in [5.41, 5.74) is -0.298. The number of nitrogens with zero attached hydrogens (tertiary/aromatic N) is 1. The van der Waals surface area contributed by atoms with Gasteiger partial charge in [-0.25, -0.2) is 0 Å². The van der Waals surface area contributed by atoms with Crippen LogP contribution < -0.4 is 5.32 Å². The van der Waals surface area contributed by atoms with E-state index in [1.807, 2.05) is 0 Å². The SMILES string of the molecule is CCCCCCC(C)OC1CCC(C#N)(NC2CC2)C1. The van der Waals surface area contributed by atoms with Gasteiger partial charge in [0.15, 0.2) is 0 Å². The van der Waals surface area contributed by atoms with E-state index in [-0.39, 0.29) is 11.6 Å². The monoisotopic (exact) mass is 278 g/mol. The molecule has 0 heterocycles. The Balaban J connectivity index is 1.67. The van der Waals surface area contributed by atoms with Gasteiger partial charge < -0.3 is 4.74 Å². The summed E-state index contributed by atoms with van der Waals surface area (Å²) < 4.78 is 6.16. The van der Waals surface area contributed by atoms with Crippen molar-refractivity contribution in [1.29, 1.82) is 5.26 Å². The summed E-state index contributed by atoms with van der Waals surface area (Å²) in [7, 11) is 0. The molecule has 3 unspecified atom stereocenters. The lowest BCUT2D eigenvalue weighted by Crippen LogP contribution is -2.43. The van der Waals surface area contributed by atoms with E-state index in [0.717, 1.165) is 25.7 Å². The lowest BCUT2D eigenvalue weighted by Gasteiger charge is -2.24. The molecule has 0 spiro atoms. The predicted molar refractivity (Wildman–Crippen MR) is 81.4 cm³/mol. The summed E-state index contributed by atoms with van der Waals surface area (Å²) in [5.74, 6) is 0. The van der Waals surface area contributed by atoms with Gasteiger partial charge in [-0.2, -0.15) is 5.26 Å². The zero-order valence-electron chi connectivity index (χ0n) is 13.2. The predicted octanol–water partition coefficient (Wildman–Crippen LogP) is 3.93. The van der Waals surface area contributed by atoms with Gasteiger partial charge in [0.25, 0.3) is 0 Å². The van der Waals surface area contributed by atoms with Gasteiger partial charge in [0, 0.05) is 12.5 Å². The third-order valence-electron chi connectivity index (χ3n) is 4.63. The second kappa shape index (κ2) is 7.43. The summed E-state index contributed by atoms with van der Waals surface area (Å²) in [5, 5.41) is 13.0. The van der Waals surface area contributed by atoms with E-state index in [1.54, 1.807) is 0 Å². The van der Waals surface area contributed by atoms with Crippen LogP contribution in [0.1, 0.15) is 78.1 Å². The van der Waals surface area contributed by atoms with E-state index in [4.69, 9.17) is 4.74 Å². The van der Waals surface area contributed by atoms with Crippen molar-refractivity contribution < 1.29 is 4.74 Å². The Hall–Kier alpha value is -0.590. The molecule has 2 aliphatic rings. The molecule has 2 aliphatic carbocycles. The van der Waals surface area contributed by atoms with Crippen molar-refractivity contribution in [2.24, 2.45) is 0 Å². The third kappa shape index (κ3) is 4.75. The van der Waals surface area contributed by atoms with Gasteiger partial charge in [-0.15, -0.1) is 0 Å². The minimum atomic E-state index is -0.298. The molecule has 0 bridgehead atoms. The first-order valence-electron chi connectivity index (χ1n) is 8.52. The second-order valence-electron chi connectivity index (χ2n) is 6.77. The first kappa shape index (κ1) is 15.8. The van der Waals surface area contributed by atoms with Gasteiger partial charge >= 0.3 is 0 Å². The summed E-state index contributed by atoms with van der Waals surface area (Å²) in [6.07, 6.45) is 12.3. The van der Waals surface area contributed by atoms with Crippen LogP contribution in [-0.2, 0) is 4.74 Å². The van der Waals surface area contributed by atoms with Crippen molar-refractivity contribution in [3.05, 3.63) is 0 Å². The van der Waals surface area contributed by atoms with Gasteiger partial charge in [-0.3, -0.25) is 5.32 Å². The Labute approximate surface area is 124 Å². The number of unbranched alkanes of at least 4 members (excludes halogenated alkanes) is 3. The number of ether oxygens (including phenoxy) is 1. The molecule has 0 aromatic rings. The van der Waals surface area contributed by atoms with Crippen LogP contribution in [0.4, 0.5) is 0 Å². The van der Waals surface area contributed by atoms with Crippen molar-refractivity contribution in [3.63, 3.8) is 0 Å². The fourth-order valence-electron chi connectivity index (χ4n) is 3.25. The molecule has 2 saturated carbocycles. The number of hydrogen-bond acceptors (Lipinski definition) is 3. The topological polar surface area (TPSA) is 45.0 Å². The van der Waals surface area contributed by atoms with E-state index in [9.17, 15) is 5.26 Å². The molecule has 0 amide bonds. The van der Waals surface area contributed by atoms with Crippen molar-refractivity contribution >= 4 is 0 Å². The quantitative estimate of drug-likeness (QED) is 0.650. The van der Waals surface area contributed by atoms with Crippen LogP contribution in [0.25, 0.3) is 0 Å². The summed E-state index contributed by atoms with van der Waals surface area (Å²) >= 11 is 0. The molecule has 0 saturated heterocycles. The average Bonchev–Trinajstić information content (AvgIpc) is 3.16. The Kier molecular flexibility index (Phi) is 5.86. The molecule has 0 aromatic carbocycles. The van der Waals surface area contributed by atoms with Crippen LogP contribution in [0.2, 0.25) is 0 Å². The first-order valence-corrected chi connectivity index (χ1v) is 8.52. The van der Waals surface area contributed by atoms with Crippen LogP contribution in [0, 0.1) is 11.3 Å². The fraction of sp³-hybridized carbons (Fsp3) is 0.941. The van der Waals surface area contributed by atoms with Crippen LogP contribution in [0.5, 0.6) is 0 Å². The first-order chi connectivity index (χ1) is 9.67. The lowest BCUT2D eigenvalue weighted by atomic mass is 9.99.